The van der Waals surface area contributed by atoms with E-state index in [1.807, 2.05) is 16.3 Å². The standard InChI is InChI=1S/C19H21F3N8OS/c20-19(21,22)18-27-26-15-3-4-16(28-30(15)18)29-7-5-11(6-8-29)17(31)23-14-10-12(24-25-14)13-2-1-9-32-13/h1-4,9,11-12,14,24-25H,5-8,10H2,(H,23,31). The second-order valence-corrected chi connectivity index (χ2v) is 8.88. The molecule has 2 unspecified atom stereocenters. The molecule has 2 atom stereocenters. The van der Waals surface area contributed by atoms with Crippen LogP contribution in [-0.4, -0.2) is 45.0 Å². The van der Waals surface area contributed by atoms with Gasteiger partial charge in [-0.2, -0.15) is 17.7 Å². The van der Waals surface area contributed by atoms with Crippen LogP contribution in [-0.2, 0) is 11.0 Å². The summed E-state index contributed by atoms with van der Waals surface area (Å²) >= 11 is 1.67. The molecule has 0 saturated carbocycles. The molecule has 2 saturated heterocycles. The van der Waals surface area contributed by atoms with Gasteiger partial charge in [0.25, 0.3) is 5.82 Å². The van der Waals surface area contributed by atoms with Crippen LogP contribution in [0.15, 0.2) is 29.6 Å². The first kappa shape index (κ1) is 21.1. The quantitative estimate of drug-likeness (QED) is 0.542. The van der Waals surface area contributed by atoms with Gasteiger partial charge in [-0.05, 0) is 36.4 Å². The zero-order valence-electron chi connectivity index (χ0n) is 16.8. The van der Waals surface area contributed by atoms with Gasteiger partial charge in [0.2, 0.25) is 5.91 Å². The molecule has 9 nitrogen and oxygen atoms in total. The highest BCUT2D eigenvalue weighted by Crippen LogP contribution is 2.29. The lowest BCUT2D eigenvalue weighted by atomic mass is 9.95. The number of rotatable bonds is 4. The third-order valence-electron chi connectivity index (χ3n) is 5.80. The predicted molar refractivity (Wildman–Crippen MR) is 111 cm³/mol. The van der Waals surface area contributed by atoms with Crippen molar-refractivity contribution >= 4 is 28.7 Å². The van der Waals surface area contributed by atoms with Gasteiger partial charge in [0, 0.05) is 30.3 Å². The fourth-order valence-corrected chi connectivity index (χ4v) is 4.90. The summed E-state index contributed by atoms with van der Waals surface area (Å²) in [6, 6.07) is 7.33. The number of thiophene rings is 1. The van der Waals surface area contributed by atoms with Gasteiger partial charge in [-0.25, -0.2) is 10.9 Å². The van der Waals surface area contributed by atoms with Gasteiger partial charge in [-0.1, -0.05) is 6.07 Å². The molecule has 0 radical (unpaired) electrons. The Balaban J connectivity index is 1.18. The first-order chi connectivity index (χ1) is 15.4. The molecule has 5 rings (SSSR count). The summed E-state index contributed by atoms with van der Waals surface area (Å²) in [6.45, 7) is 1.04. The van der Waals surface area contributed by atoms with E-state index in [-0.39, 0.29) is 29.7 Å². The van der Waals surface area contributed by atoms with Gasteiger partial charge in [0.05, 0.1) is 12.2 Å². The van der Waals surface area contributed by atoms with Crippen LogP contribution in [0, 0.1) is 5.92 Å². The second kappa shape index (κ2) is 8.30. The normalized spacial score (nSPS) is 22.5. The molecule has 2 fully saturated rings. The summed E-state index contributed by atoms with van der Waals surface area (Å²) in [4.78, 5) is 15.8. The van der Waals surface area contributed by atoms with Gasteiger partial charge in [-0.3, -0.25) is 4.79 Å². The lowest BCUT2D eigenvalue weighted by molar-refractivity contribution is -0.146. The molecule has 3 aromatic heterocycles. The molecular formula is C19H21F3N8OS. The SMILES string of the molecule is O=C(NC1CC(c2cccs2)NN1)C1CCN(c2ccc3nnc(C(F)(F)F)n3n2)CC1. The molecule has 0 aliphatic carbocycles. The molecule has 32 heavy (non-hydrogen) atoms. The van der Waals surface area contributed by atoms with Gasteiger partial charge in [0.1, 0.15) is 5.82 Å². The van der Waals surface area contributed by atoms with Gasteiger partial charge in [0.15, 0.2) is 5.65 Å². The van der Waals surface area contributed by atoms with Crippen molar-refractivity contribution in [1.29, 1.82) is 0 Å². The zero-order chi connectivity index (χ0) is 22.3. The number of amides is 1. The minimum Gasteiger partial charge on any atom is -0.355 e. The average Bonchev–Trinajstić information content (AvgIpc) is 3.52. The number of hydrogen-bond acceptors (Lipinski definition) is 8. The Bertz CT molecular complexity index is 1090. The van der Waals surface area contributed by atoms with Crippen molar-refractivity contribution in [2.75, 3.05) is 18.0 Å². The van der Waals surface area contributed by atoms with Crippen molar-refractivity contribution in [1.82, 2.24) is 36.0 Å². The first-order valence-corrected chi connectivity index (χ1v) is 11.2. The fourth-order valence-electron chi connectivity index (χ4n) is 4.11. The molecule has 0 aromatic carbocycles. The summed E-state index contributed by atoms with van der Waals surface area (Å²) in [5.41, 5.74) is 6.38. The summed E-state index contributed by atoms with van der Waals surface area (Å²) in [6.07, 6.45) is -2.84. The van der Waals surface area contributed by atoms with Crippen LogP contribution in [0.2, 0.25) is 0 Å². The third kappa shape index (κ3) is 4.14. The Labute approximate surface area is 185 Å². The molecular weight excluding hydrogens is 445 g/mol. The number of hydrogen-bond donors (Lipinski definition) is 3. The maximum Gasteiger partial charge on any atom is 0.453 e. The second-order valence-electron chi connectivity index (χ2n) is 7.90. The zero-order valence-corrected chi connectivity index (χ0v) is 17.7. The lowest BCUT2D eigenvalue weighted by Crippen LogP contribution is -2.48. The smallest absolute Gasteiger partial charge is 0.355 e. The number of fused-ring (bicyclic) bond motifs is 1. The Morgan fingerprint density at radius 1 is 1.16 bits per heavy atom. The molecule has 170 valence electrons. The van der Waals surface area contributed by atoms with Crippen LogP contribution in [0.3, 0.4) is 0 Å². The van der Waals surface area contributed by atoms with Crippen LogP contribution in [0.5, 0.6) is 0 Å². The molecule has 3 N–H and O–H groups in total. The molecule has 5 heterocycles. The number of carbonyl (C=O) groups excluding carboxylic acids is 1. The maximum absolute atomic E-state index is 13.1. The van der Waals surface area contributed by atoms with E-state index in [0.29, 0.717) is 31.7 Å². The van der Waals surface area contributed by atoms with E-state index in [1.165, 1.54) is 10.9 Å². The van der Waals surface area contributed by atoms with E-state index >= 15 is 0 Å². The Morgan fingerprint density at radius 2 is 1.97 bits per heavy atom. The van der Waals surface area contributed by atoms with Gasteiger partial charge in [-0.15, -0.1) is 26.6 Å². The van der Waals surface area contributed by atoms with E-state index in [1.54, 1.807) is 17.4 Å². The lowest BCUT2D eigenvalue weighted by Gasteiger charge is -2.32. The van der Waals surface area contributed by atoms with Crippen LogP contribution in [0.25, 0.3) is 5.65 Å². The Morgan fingerprint density at radius 3 is 2.69 bits per heavy atom. The van der Waals surface area contributed by atoms with E-state index in [2.05, 4.69) is 37.5 Å². The van der Waals surface area contributed by atoms with E-state index in [0.717, 1.165) is 10.9 Å². The monoisotopic (exact) mass is 466 g/mol. The summed E-state index contributed by atoms with van der Waals surface area (Å²) in [7, 11) is 0. The van der Waals surface area contributed by atoms with Crippen molar-refractivity contribution in [2.24, 2.45) is 5.92 Å². The van der Waals surface area contributed by atoms with Crippen LogP contribution in [0.1, 0.15) is 36.0 Å². The van der Waals surface area contributed by atoms with Crippen LogP contribution in [0.4, 0.5) is 19.0 Å². The van der Waals surface area contributed by atoms with Crippen molar-refractivity contribution < 1.29 is 18.0 Å². The highest BCUT2D eigenvalue weighted by atomic mass is 32.1. The van der Waals surface area contributed by atoms with E-state index in [9.17, 15) is 18.0 Å². The summed E-state index contributed by atoms with van der Waals surface area (Å²) in [5, 5.41) is 15.9. The molecule has 0 spiro atoms. The van der Waals surface area contributed by atoms with Gasteiger partial charge >= 0.3 is 6.18 Å². The van der Waals surface area contributed by atoms with Crippen LogP contribution >= 0.6 is 11.3 Å². The van der Waals surface area contributed by atoms with Gasteiger partial charge < -0.3 is 10.2 Å². The number of carbonyl (C=O) groups is 1. The molecule has 1 amide bonds. The number of alkyl halides is 3. The highest BCUT2D eigenvalue weighted by Gasteiger charge is 2.38. The summed E-state index contributed by atoms with van der Waals surface area (Å²) in [5.74, 6) is -0.917. The topological polar surface area (TPSA) is 99.5 Å². The van der Waals surface area contributed by atoms with Crippen molar-refractivity contribution in [3.8, 4) is 0 Å². The molecule has 13 heteroatoms. The molecule has 2 aliphatic heterocycles. The predicted octanol–water partition coefficient (Wildman–Crippen LogP) is 2.10. The molecule has 0 bridgehead atoms. The minimum absolute atomic E-state index is 0.0163. The van der Waals surface area contributed by atoms with Crippen molar-refractivity contribution in [2.45, 2.75) is 37.6 Å². The number of aromatic nitrogens is 4. The van der Waals surface area contributed by atoms with E-state index in [4.69, 9.17) is 0 Å². The number of piperidine rings is 1. The number of hydrazine groups is 1. The number of nitrogens with zero attached hydrogens (tertiary/aromatic N) is 5. The summed E-state index contributed by atoms with van der Waals surface area (Å²) < 4.78 is 40.0. The van der Waals surface area contributed by atoms with E-state index < -0.39 is 12.0 Å². The number of anilines is 1. The highest BCUT2D eigenvalue weighted by molar-refractivity contribution is 7.10. The fraction of sp³-hybridized carbons (Fsp3) is 0.474. The maximum atomic E-state index is 13.1. The minimum atomic E-state index is -4.64. The molecule has 3 aromatic rings. The van der Waals surface area contributed by atoms with Crippen molar-refractivity contribution in [3.63, 3.8) is 0 Å². The number of halogens is 3. The first-order valence-electron chi connectivity index (χ1n) is 10.3. The van der Waals surface area contributed by atoms with Crippen molar-refractivity contribution in [3.05, 3.63) is 40.3 Å². The largest absolute Gasteiger partial charge is 0.453 e. The van der Waals surface area contributed by atoms with Crippen LogP contribution < -0.4 is 21.1 Å². The third-order valence-corrected chi connectivity index (χ3v) is 6.78. The molecule has 2 aliphatic rings. The average molecular weight is 466 g/mol. The Kier molecular flexibility index (Phi) is 5.47. The Hall–Kier alpha value is -2.77. The number of nitrogens with one attached hydrogen (secondary N) is 3.